The van der Waals surface area contributed by atoms with Crippen LogP contribution in [0.3, 0.4) is 0 Å². The number of ether oxygens (including phenoxy) is 1. The highest BCUT2D eigenvalue weighted by Gasteiger charge is 1.76. The second-order valence-electron chi connectivity index (χ2n) is 2.03. The van der Waals surface area contributed by atoms with E-state index >= 15 is 0 Å². The molecule has 0 aromatic heterocycles. The summed E-state index contributed by atoms with van der Waals surface area (Å²) in [7, 11) is 0. The van der Waals surface area contributed by atoms with Crippen molar-refractivity contribution in [3.63, 3.8) is 0 Å². The molecular formula is C9H16O. The van der Waals surface area contributed by atoms with E-state index in [-0.39, 0.29) is 0 Å². The molecule has 1 nitrogen and oxygen atoms in total. The molecule has 0 radical (unpaired) electrons. The Morgan fingerprint density at radius 2 is 2.10 bits per heavy atom. The molecule has 0 saturated carbocycles. The summed E-state index contributed by atoms with van der Waals surface area (Å²) in [6.45, 7) is 5.70. The first-order chi connectivity index (χ1) is 4.91. The summed E-state index contributed by atoms with van der Waals surface area (Å²) < 4.78 is 5.21. The van der Waals surface area contributed by atoms with Crippen molar-refractivity contribution in [1.82, 2.24) is 0 Å². The Bertz CT molecular complexity index is 103. The van der Waals surface area contributed by atoms with Gasteiger partial charge in [-0.1, -0.05) is 31.2 Å². The van der Waals surface area contributed by atoms with E-state index in [1.54, 1.807) is 0 Å². The van der Waals surface area contributed by atoms with Crippen LogP contribution in [0.1, 0.15) is 20.3 Å². The molecule has 0 aromatic carbocycles. The minimum Gasteiger partial charge on any atom is -0.377 e. The van der Waals surface area contributed by atoms with Crippen molar-refractivity contribution >= 4 is 0 Å². The van der Waals surface area contributed by atoms with Gasteiger partial charge >= 0.3 is 0 Å². The van der Waals surface area contributed by atoms with Gasteiger partial charge in [-0.15, -0.1) is 0 Å². The molecule has 0 spiro atoms. The van der Waals surface area contributed by atoms with Gasteiger partial charge in [0.25, 0.3) is 0 Å². The Morgan fingerprint density at radius 3 is 2.70 bits per heavy atom. The summed E-state index contributed by atoms with van der Waals surface area (Å²) in [6, 6.07) is 0. The average molecular weight is 140 g/mol. The molecule has 0 fully saturated rings. The smallest absolute Gasteiger partial charge is 0.0650 e. The predicted molar refractivity (Wildman–Crippen MR) is 45.1 cm³/mol. The van der Waals surface area contributed by atoms with Crippen molar-refractivity contribution in [1.29, 1.82) is 0 Å². The highest BCUT2D eigenvalue weighted by Crippen LogP contribution is 1.82. The summed E-state index contributed by atoms with van der Waals surface area (Å²) in [5.41, 5.74) is 0. The maximum absolute atomic E-state index is 5.21. The van der Waals surface area contributed by atoms with Crippen LogP contribution in [0.4, 0.5) is 0 Å². The molecule has 0 aliphatic carbocycles. The molecule has 0 aliphatic heterocycles. The van der Waals surface area contributed by atoms with Gasteiger partial charge in [-0.05, 0) is 13.3 Å². The summed E-state index contributed by atoms with van der Waals surface area (Å²) in [4.78, 5) is 0. The molecule has 0 unspecified atom stereocenters. The van der Waals surface area contributed by atoms with Crippen molar-refractivity contribution in [3.05, 3.63) is 24.3 Å². The van der Waals surface area contributed by atoms with Crippen molar-refractivity contribution in [2.75, 3.05) is 13.2 Å². The predicted octanol–water partition coefficient (Wildman–Crippen LogP) is 2.55. The zero-order chi connectivity index (χ0) is 7.66. The van der Waals surface area contributed by atoms with Gasteiger partial charge in [0.2, 0.25) is 0 Å². The molecule has 0 heterocycles. The van der Waals surface area contributed by atoms with Crippen molar-refractivity contribution < 1.29 is 4.74 Å². The highest BCUT2D eigenvalue weighted by molar-refractivity contribution is 5.00. The van der Waals surface area contributed by atoms with Gasteiger partial charge in [0.05, 0.1) is 6.61 Å². The van der Waals surface area contributed by atoms with Crippen LogP contribution in [0.5, 0.6) is 0 Å². The Morgan fingerprint density at radius 1 is 1.30 bits per heavy atom. The highest BCUT2D eigenvalue weighted by atomic mass is 16.5. The molecule has 0 aliphatic rings. The van der Waals surface area contributed by atoms with Crippen LogP contribution in [-0.4, -0.2) is 13.2 Å². The summed E-state index contributed by atoms with van der Waals surface area (Å²) in [6.07, 6.45) is 9.09. The van der Waals surface area contributed by atoms with Crippen LogP contribution in [0.15, 0.2) is 24.3 Å². The Hall–Kier alpha value is -0.560. The lowest BCUT2D eigenvalue weighted by Gasteiger charge is -1.93. The largest absolute Gasteiger partial charge is 0.377 e. The molecule has 10 heavy (non-hydrogen) atoms. The molecule has 0 rings (SSSR count). The first-order valence-electron chi connectivity index (χ1n) is 3.77. The standard InChI is InChI=1S/C9H16O/c1-3-5-6-7-9-10-8-4-2/h3,5-7H,4,8-9H2,1-2H3/b5-3+,7-6+. The van der Waals surface area contributed by atoms with E-state index in [1.165, 1.54) is 0 Å². The van der Waals surface area contributed by atoms with E-state index in [0.717, 1.165) is 19.6 Å². The lowest BCUT2D eigenvalue weighted by molar-refractivity contribution is 0.163. The zero-order valence-corrected chi connectivity index (χ0v) is 6.84. The fourth-order valence-corrected chi connectivity index (χ4v) is 0.541. The molecule has 0 bridgehead atoms. The molecule has 58 valence electrons. The fraction of sp³-hybridized carbons (Fsp3) is 0.556. The lowest BCUT2D eigenvalue weighted by atomic mass is 10.4. The quantitative estimate of drug-likeness (QED) is 0.421. The van der Waals surface area contributed by atoms with Gasteiger partial charge in [0, 0.05) is 6.61 Å². The second-order valence-corrected chi connectivity index (χ2v) is 2.03. The first-order valence-corrected chi connectivity index (χ1v) is 3.77. The van der Waals surface area contributed by atoms with Gasteiger partial charge in [0.15, 0.2) is 0 Å². The Kier molecular flexibility index (Phi) is 7.97. The van der Waals surface area contributed by atoms with Crippen LogP contribution < -0.4 is 0 Å². The summed E-state index contributed by atoms with van der Waals surface area (Å²) >= 11 is 0. The van der Waals surface area contributed by atoms with Crippen molar-refractivity contribution in [2.45, 2.75) is 20.3 Å². The van der Waals surface area contributed by atoms with E-state index in [2.05, 4.69) is 6.92 Å². The van der Waals surface area contributed by atoms with Gasteiger partial charge in [-0.2, -0.15) is 0 Å². The van der Waals surface area contributed by atoms with Gasteiger partial charge in [-0.3, -0.25) is 0 Å². The van der Waals surface area contributed by atoms with Crippen molar-refractivity contribution in [2.24, 2.45) is 0 Å². The van der Waals surface area contributed by atoms with Crippen LogP contribution in [0.25, 0.3) is 0 Å². The number of rotatable bonds is 5. The molecule has 0 aromatic rings. The van der Waals surface area contributed by atoms with E-state index in [4.69, 9.17) is 4.74 Å². The van der Waals surface area contributed by atoms with E-state index in [9.17, 15) is 0 Å². The minimum atomic E-state index is 0.734. The number of hydrogen-bond acceptors (Lipinski definition) is 1. The average Bonchev–Trinajstić information content (AvgIpc) is 1.97. The fourth-order valence-electron chi connectivity index (χ4n) is 0.541. The molecule has 0 atom stereocenters. The maximum atomic E-state index is 5.21. The molecule has 0 saturated heterocycles. The Balaban J connectivity index is 3.02. The molecular weight excluding hydrogens is 124 g/mol. The summed E-state index contributed by atoms with van der Waals surface area (Å²) in [5, 5.41) is 0. The van der Waals surface area contributed by atoms with Crippen LogP contribution >= 0.6 is 0 Å². The van der Waals surface area contributed by atoms with Crippen molar-refractivity contribution in [3.8, 4) is 0 Å². The Labute approximate surface area is 63.4 Å². The summed E-state index contributed by atoms with van der Waals surface area (Å²) in [5.74, 6) is 0. The number of allylic oxidation sites excluding steroid dienone is 3. The second kappa shape index (κ2) is 8.44. The third-order valence-corrected chi connectivity index (χ3v) is 1.00. The molecule has 1 heteroatoms. The van der Waals surface area contributed by atoms with Crippen LogP contribution in [0, 0.1) is 0 Å². The van der Waals surface area contributed by atoms with Gasteiger partial charge < -0.3 is 4.74 Å². The molecule has 0 N–H and O–H groups in total. The van der Waals surface area contributed by atoms with Gasteiger partial charge in [-0.25, -0.2) is 0 Å². The molecule has 0 amide bonds. The zero-order valence-electron chi connectivity index (χ0n) is 6.84. The van der Waals surface area contributed by atoms with E-state index in [0.29, 0.717) is 0 Å². The third kappa shape index (κ3) is 7.44. The van der Waals surface area contributed by atoms with Crippen LogP contribution in [0.2, 0.25) is 0 Å². The minimum absolute atomic E-state index is 0.734. The normalized spacial score (nSPS) is 11.8. The number of hydrogen-bond donors (Lipinski definition) is 0. The van der Waals surface area contributed by atoms with Crippen LogP contribution in [-0.2, 0) is 4.74 Å². The lowest BCUT2D eigenvalue weighted by Crippen LogP contribution is -1.90. The SMILES string of the molecule is C/C=C/C=C/COCCC. The third-order valence-electron chi connectivity index (χ3n) is 1.00. The monoisotopic (exact) mass is 140 g/mol. The maximum Gasteiger partial charge on any atom is 0.0650 e. The topological polar surface area (TPSA) is 9.23 Å². The van der Waals surface area contributed by atoms with Gasteiger partial charge in [0.1, 0.15) is 0 Å². The first kappa shape index (κ1) is 9.44. The van der Waals surface area contributed by atoms with E-state index < -0.39 is 0 Å². The van der Waals surface area contributed by atoms with E-state index in [1.807, 2.05) is 31.2 Å².